The average Bonchev–Trinajstić information content (AvgIpc) is 2.86. The Bertz CT molecular complexity index is 789. The number of benzene rings is 2. The van der Waals surface area contributed by atoms with Crippen LogP contribution in [0.3, 0.4) is 0 Å². The van der Waals surface area contributed by atoms with E-state index in [1.54, 1.807) is 4.68 Å². The summed E-state index contributed by atoms with van der Waals surface area (Å²) in [6.45, 7) is 4.02. The lowest BCUT2D eigenvalue weighted by atomic mass is 10.1. The third-order valence-electron chi connectivity index (χ3n) is 3.21. The predicted molar refractivity (Wildman–Crippen MR) is 86.2 cm³/mol. The van der Waals surface area contributed by atoms with Gasteiger partial charge in [-0.15, -0.1) is 5.10 Å². The van der Waals surface area contributed by atoms with E-state index >= 15 is 0 Å². The number of aryl methyl sites for hydroxylation is 2. The number of rotatable bonds is 2. The molecule has 0 radical (unpaired) electrons. The van der Waals surface area contributed by atoms with E-state index < -0.39 is 0 Å². The molecule has 106 valence electrons. The van der Waals surface area contributed by atoms with Gasteiger partial charge in [-0.25, -0.2) is 0 Å². The van der Waals surface area contributed by atoms with Gasteiger partial charge in [0.1, 0.15) is 0 Å². The molecule has 1 aromatic heterocycles. The molecule has 0 bridgehead atoms. The molecule has 0 spiro atoms. The third-order valence-corrected chi connectivity index (χ3v) is 3.71. The SMILES string of the molecule is Cc1cc(N)cc(-c2nnnn2-c2ccc(Br)cc2C)c1. The van der Waals surface area contributed by atoms with E-state index in [4.69, 9.17) is 5.73 Å². The van der Waals surface area contributed by atoms with Gasteiger partial charge in [0.25, 0.3) is 0 Å². The number of hydrogen-bond acceptors (Lipinski definition) is 4. The molecule has 0 atom stereocenters. The van der Waals surface area contributed by atoms with Crippen molar-refractivity contribution in [2.45, 2.75) is 13.8 Å². The Morgan fingerprint density at radius 2 is 1.90 bits per heavy atom. The van der Waals surface area contributed by atoms with Crippen molar-refractivity contribution in [3.63, 3.8) is 0 Å². The second-order valence-corrected chi connectivity index (χ2v) is 5.89. The number of nitrogen functional groups attached to an aromatic ring is 1. The van der Waals surface area contributed by atoms with Crippen molar-refractivity contribution in [1.82, 2.24) is 20.2 Å². The molecular weight excluding hydrogens is 330 g/mol. The van der Waals surface area contributed by atoms with Crippen molar-refractivity contribution >= 4 is 21.6 Å². The molecule has 0 fully saturated rings. The average molecular weight is 344 g/mol. The van der Waals surface area contributed by atoms with Crippen LogP contribution in [0.5, 0.6) is 0 Å². The lowest BCUT2D eigenvalue weighted by molar-refractivity contribution is 0.787. The van der Waals surface area contributed by atoms with E-state index in [9.17, 15) is 0 Å². The van der Waals surface area contributed by atoms with Crippen molar-refractivity contribution in [3.05, 3.63) is 52.0 Å². The summed E-state index contributed by atoms with van der Waals surface area (Å²) < 4.78 is 2.76. The molecule has 3 rings (SSSR count). The van der Waals surface area contributed by atoms with Crippen molar-refractivity contribution in [2.75, 3.05) is 5.73 Å². The van der Waals surface area contributed by atoms with Crippen LogP contribution in [0.25, 0.3) is 17.1 Å². The van der Waals surface area contributed by atoms with Gasteiger partial charge < -0.3 is 5.73 Å². The first-order valence-electron chi connectivity index (χ1n) is 6.47. The highest BCUT2D eigenvalue weighted by atomic mass is 79.9. The second kappa shape index (κ2) is 5.29. The topological polar surface area (TPSA) is 69.6 Å². The van der Waals surface area contributed by atoms with E-state index in [2.05, 4.69) is 31.5 Å². The Morgan fingerprint density at radius 1 is 1.10 bits per heavy atom. The van der Waals surface area contributed by atoms with Crippen LogP contribution in [0.2, 0.25) is 0 Å². The van der Waals surface area contributed by atoms with E-state index in [0.29, 0.717) is 11.5 Å². The number of hydrogen-bond donors (Lipinski definition) is 1. The fourth-order valence-corrected chi connectivity index (χ4v) is 2.80. The Kier molecular flexibility index (Phi) is 3.47. The third kappa shape index (κ3) is 2.67. The minimum Gasteiger partial charge on any atom is -0.399 e. The number of anilines is 1. The number of halogens is 1. The van der Waals surface area contributed by atoms with Gasteiger partial charge in [0.05, 0.1) is 5.69 Å². The lowest BCUT2D eigenvalue weighted by Crippen LogP contribution is -2.02. The summed E-state index contributed by atoms with van der Waals surface area (Å²) in [6.07, 6.45) is 0. The normalized spacial score (nSPS) is 10.8. The first kappa shape index (κ1) is 13.8. The fraction of sp³-hybridized carbons (Fsp3) is 0.133. The van der Waals surface area contributed by atoms with Crippen molar-refractivity contribution < 1.29 is 0 Å². The molecule has 1 heterocycles. The van der Waals surface area contributed by atoms with E-state index in [-0.39, 0.29) is 0 Å². The van der Waals surface area contributed by atoms with Crippen LogP contribution in [0.4, 0.5) is 5.69 Å². The molecule has 21 heavy (non-hydrogen) atoms. The van der Waals surface area contributed by atoms with Crippen LogP contribution < -0.4 is 5.73 Å². The molecule has 0 aliphatic rings. The van der Waals surface area contributed by atoms with Crippen LogP contribution in [0.1, 0.15) is 11.1 Å². The molecule has 0 saturated heterocycles. The molecule has 6 heteroatoms. The van der Waals surface area contributed by atoms with Gasteiger partial charge in [-0.2, -0.15) is 4.68 Å². The molecule has 2 N–H and O–H groups in total. The Balaban J connectivity index is 2.17. The highest BCUT2D eigenvalue weighted by Gasteiger charge is 2.13. The van der Waals surface area contributed by atoms with Crippen molar-refractivity contribution in [2.24, 2.45) is 0 Å². The van der Waals surface area contributed by atoms with Crippen LogP contribution in [-0.2, 0) is 0 Å². The highest BCUT2D eigenvalue weighted by Crippen LogP contribution is 2.25. The summed E-state index contributed by atoms with van der Waals surface area (Å²) in [6, 6.07) is 11.8. The number of nitrogens with two attached hydrogens (primary N) is 1. The molecule has 5 nitrogen and oxygen atoms in total. The summed E-state index contributed by atoms with van der Waals surface area (Å²) in [7, 11) is 0. The first-order chi connectivity index (χ1) is 10.0. The predicted octanol–water partition coefficient (Wildman–Crippen LogP) is 3.29. The minimum atomic E-state index is 0.677. The molecule has 3 aromatic rings. The maximum atomic E-state index is 5.92. The van der Waals surface area contributed by atoms with Crippen molar-refractivity contribution in [3.8, 4) is 17.1 Å². The quantitative estimate of drug-likeness (QED) is 0.725. The zero-order valence-corrected chi connectivity index (χ0v) is 13.3. The zero-order chi connectivity index (χ0) is 15.0. The molecule has 0 aliphatic heterocycles. The van der Waals surface area contributed by atoms with Gasteiger partial charge in [-0.3, -0.25) is 0 Å². The number of tetrazole rings is 1. The minimum absolute atomic E-state index is 0.677. The smallest absolute Gasteiger partial charge is 0.187 e. The van der Waals surface area contributed by atoms with Crippen LogP contribution in [-0.4, -0.2) is 20.2 Å². The molecular formula is C15H14BrN5. The Labute approximate surface area is 130 Å². The van der Waals surface area contributed by atoms with E-state index in [1.165, 1.54) is 0 Å². The molecule has 2 aromatic carbocycles. The summed E-state index contributed by atoms with van der Waals surface area (Å²) in [4.78, 5) is 0. The first-order valence-corrected chi connectivity index (χ1v) is 7.26. The maximum absolute atomic E-state index is 5.92. The van der Waals surface area contributed by atoms with Gasteiger partial charge in [0.2, 0.25) is 0 Å². The van der Waals surface area contributed by atoms with Crippen molar-refractivity contribution in [1.29, 1.82) is 0 Å². The summed E-state index contributed by atoms with van der Waals surface area (Å²) in [5.41, 5.74) is 10.6. The Morgan fingerprint density at radius 3 is 2.62 bits per heavy atom. The monoisotopic (exact) mass is 343 g/mol. The van der Waals surface area contributed by atoms with E-state index in [1.807, 2.05) is 50.2 Å². The summed E-state index contributed by atoms with van der Waals surface area (Å²) >= 11 is 3.46. The van der Waals surface area contributed by atoms with Crippen LogP contribution in [0.15, 0.2) is 40.9 Å². The summed E-state index contributed by atoms with van der Waals surface area (Å²) in [5.74, 6) is 0.677. The molecule has 0 unspecified atom stereocenters. The van der Waals surface area contributed by atoms with Crippen LogP contribution in [0, 0.1) is 13.8 Å². The fourth-order valence-electron chi connectivity index (χ4n) is 2.33. The number of nitrogens with zero attached hydrogens (tertiary/aromatic N) is 4. The maximum Gasteiger partial charge on any atom is 0.187 e. The van der Waals surface area contributed by atoms with Gasteiger partial charge in [-0.1, -0.05) is 15.9 Å². The number of aromatic nitrogens is 4. The molecule has 0 saturated carbocycles. The van der Waals surface area contributed by atoms with Gasteiger partial charge in [0, 0.05) is 15.7 Å². The lowest BCUT2D eigenvalue weighted by Gasteiger charge is -2.09. The zero-order valence-electron chi connectivity index (χ0n) is 11.7. The largest absolute Gasteiger partial charge is 0.399 e. The standard InChI is InChI=1S/C15H14BrN5/c1-9-5-11(8-13(17)6-9)15-18-19-20-21(15)14-4-3-12(16)7-10(14)2/h3-8H,17H2,1-2H3. The van der Waals surface area contributed by atoms with Gasteiger partial charge >= 0.3 is 0 Å². The van der Waals surface area contributed by atoms with Gasteiger partial charge in [-0.05, 0) is 71.8 Å². The molecule has 0 amide bonds. The summed E-state index contributed by atoms with van der Waals surface area (Å²) in [5, 5.41) is 12.1. The highest BCUT2D eigenvalue weighted by molar-refractivity contribution is 9.10. The second-order valence-electron chi connectivity index (χ2n) is 4.98. The van der Waals surface area contributed by atoms with Crippen LogP contribution >= 0.6 is 15.9 Å². The Hall–Kier alpha value is -2.21. The molecule has 0 aliphatic carbocycles. The van der Waals surface area contributed by atoms with Gasteiger partial charge in [0.15, 0.2) is 5.82 Å². The van der Waals surface area contributed by atoms with E-state index in [0.717, 1.165) is 26.9 Å².